The number of carbonyl (C=O) groups excluding carboxylic acids is 1. The van der Waals surface area contributed by atoms with Gasteiger partial charge in [0, 0.05) is 29.8 Å². The zero-order valence-corrected chi connectivity index (χ0v) is 30.5. The van der Waals surface area contributed by atoms with E-state index in [0.717, 1.165) is 10.6 Å². The fourth-order valence-electron chi connectivity index (χ4n) is 6.76. The zero-order chi connectivity index (χ0) is 33.7. The summed E-state index contributed by atoms with van der Waals surface area (Å²) in [4.78, 5) is 13.7. The Morgan fingerprint density at radius 3 is 1.62 bits per heavy atom. The smallest absolute Gasteiger partial charge is 0.335 e. The molecular weight excluding hydrogens is 618 g/mol. The van der Waals surface area contributed by atoms with Gasteiger partial charge in [0.15, 0.2) is 0 Å². The first-order valence-electron chi connectivity index (χ1n) is 16.5. The molecule has 1 atom stereocenters. The number of ether oxygens (including phenoxy) is 1. The third-order valence-electron chi connectivity index (χ3n) is 8.78. The summed E-state index contributed by atoms with van der Waals surface area (Å²) in [6.45, 7) is 13.3. The zero-order valence-electron chi connectivity index (χ0n) is 28.6. The summed E-state index contributed by atoms with van der Waals surface area (Å²) in [6, 6.07) is 40.2. The van der Waals surface area contributed by atoms with Crippen LogP contribution in [0.5, 0.6) is 0 Å². The maximum atomic E-state index is 15.5. The van der Waals surface area contributed by atoms with E-state index in [1.165, 1.54) is 10.4 Å². The summed E-state index contributed by atoms with van der Waals surface area (Å²) in [7, 11) is -6.05. The molecule has 1 heterocycles. The first-order chi connectivity index (χ1) is 22.4. The average molecular weight is 666 g/mol. The van der Waals surface area contributed by atoms with E-state index in [1.807, 2.05) is 104 Å². The molecule has 0 saturated heterocycles. The van der Waals surface area contributed by atoms with Crippen LogP contribution in [0.4, 0.5) is 0 Å². The van der Waals surface area contributed by atoms with Crippen molar-refractivity contribution in [2.24, 2.45) is 0 Å². The molecule has 4 aromatic rings. The number of carbonyl (C=O) groups is 1. The molecule has 1 aliphatic rings. The van der Waals surface area contributed by atoms with Crippen molar-refractivity contribution in [3.05, 3.63) is 133 Å². The van der Waals surface area contributed by atoms with Crippen LogP contribution in [0.3, 0.4) is 0 Å². The van der Waals surface area contributed by atoms with Crippen molar-refractivity contribution in [3.63, 3.8) is 0 Å². The van der Waals surface area contributed by atoms with E-state index in [9.17, 15) is 4.79 Å². The number of nitrogens with zero attached hydrogens (tertiary/aromatic N) is 1. The number of hydrogen-bond acceptors (Lipinski definition) is 4. The summed E-state index contributed by atoms with van der Waals surface area (Å²) in [6.07, 6.45) is 3.18. The quantitative estimate of drug-likeness (QED) is 0.0733. The van der Waals surface area contributed by atoms with E-state index in [4.69, 9.17) is 9.16 Å². The van der Waals surface area contributed by atoms with Crippen molar-refractivity contribution in [2.75, 3.05) is 13.2 Å². The van der Waals surface area contributed by atoms with Crippen LogP contribution < -0.4 is 21.0 Å². The monoisotopic (exact) mass is 665 g/mol. The van der Waals surface area contributed by atoms with Crippen molar-refractivity contribution in [3.8, 4) is 0 Å². The highest BCUT2D eigenvalue weighted by molar-refractivity contribution is 7.76. The van der Waals surface area contributed by atoms with Gasteiger partial charge in [0.1, 0.15) is 5.60 Å². The van der Waals surface area contributed by atoms with E-state index in [2.05, 4.69) is 69.3 Å². The first kappa shape index (κ1) is 34.8. The minimum absolute atomic E-state index is 0.146. The van der Waals surface area contributed by atoms with Crippen LogP contribution in [0.1, 0.15) is 54.4 Å². The van der Waals surface area contributed by atoms with E-state index in [0.29, 0.717) is 31.6 Å². The molecule has 0 radical (unpaired) electrons. The van der Waals surface area contributed by atoms with Crippen LogP contribution in [-0.4, -0.2) is 43.8 Å². The van der Waals surface area contributed by atoms with Gasteiger partial charge < -0.3 is 9.16 Å². The lowest BCUT2D eigenvalue weighted by atomic mass is 10.0. The van der Waals surface area contributed by atoms with Crippen molar-refractivity contribution in [2.45, 2.75) is 71.1 Å². The van der Waals surface area contributed by atoms with E-state index in [-0.39, 0.29) is 11.0 Å². The van der Waals surface area contributed by atoms with Crippen molar-refractivity contribution < 1.29 is 18.5 Å². The van der Waals surface area contributed by atoms with Crippen LogP contribution in [0.15, 0.2) is 133 Å². The lowest BCUT2D eigenvalue weighted by Gasteiger charge is -2.43. The molecule has 7 heteroatoms. The molecule has 0 N–H and O–H groups in total. The molecule has 0 fully saturated rings. The van der Waals surface area contributed by atoms with Crippen LogP contribution >= 0.6 is 7.29 Å². The second-order valence-electron chi connectivity index (χ2n) is 14.2. The van der Waals surface area contributed by atoms with Crippen molar-refractivity contribution in [1.29, 1.82) is 0 Å². The summed E-state index contributed by atoms with van der Waals surface area (Å²) < 4.78 is 30.6. The second kappa shape index (κ2) is 14.3. The van der Waals surface area contributed by atoms with Gasteiger partial charge in [-0.15, -0.1) is 0 Å². The largest absolute Gasteiger partial charge is 0.457 e. The number of rotatable bonds is 11. The van der Waals surface area contributed by atoms with E-state index >= 15 is 4.57 Å². The van der Waals surface area contributed by atoms with E-state index < -0.39 is 27.3 Å². The van der Waals surface area contributed by atoms with E-state index in [1.54, 1.807) is 0 Å². The summed E-state index contributed by atoms with van der Waals surface area (Å²) in [5, 5.41) is 3.81. The van der Waals surface area contributed by atoms with Crippen LogP contribution in [-0.2, 0) is 18.5 Å². The predicted molar refractivity (Wildman–Crippen MR) is 197 cm³/mol. The second-order valence-corrected chi connectivity index (χ2v) is 21.2. The third-order valence-corrected chi connectivity index (χ3v) is 17.0. The van der Waals surface area contributed by atoms with Gasteiger partial charge in [-0.2, -0.15) is 0 Å². The molecule has 0 aliphatic carbocycles. The maximum Gasteiger partial charge on any atom is 0.335 e. The average Bonchev–Trinajstić information content (AvgIpc) is 3.49. The molecule has 4 aromatic carbocycles. The molecule has 0 amide bonds. The fourth-order valence-corrected chi connectivity index (χ4v) is 14.4. The van der Waals surface area contributed by atoms with Crippen molar-refractivity contribution in [1.82, 2.24) is 4.67 Å². The van der Waals surface area contributed by atoms with Gasteiger partial charge in [-0.3, -0.25) is 4.57 Å². The topological polar surface area (TPSA) is 55.8 Å². The SMILES string of the molecule is CC(C)(C)OC(=O)C1=CCN(P(=O)(c2ccccc2)c2ccccc2)[C@@H]1CCCO[Si](c1ccccc1)(c1ccccc1)C(C)(C)C. The van der Waals surface area contributed by atoms with Gasteiger partial charge in [-0.25, -0.2) is 9.46 Å². The molecule has 0 spiro atoms. The molecule has 0 aromatic heterocycles. The highest BCUT2D eigenvalue weighted by atomic mass is 31.2. The van der Waals surface area contributed by atoms with Crippen LogP contribution in [0.25, 0.3) is 0 Å². The van der Waals surface area contributed by atoms with Gasteiger partial charge in [0.25, 0.3) is 8.32 Å². The molecule has 1 aliphatic heterocycles. The third kappa shape index (κ3) is 7.32. The Balaban J connectivity index is 1.49. The Hall–Kier alpha value is -3.54. The Bertz CT molecular complexity index is 1610. The minimum Gasteiger partial charge on any atom is -0.457 e. The molecule has 5 rings (SSSR count). The molecule has 0 unspecified atom stereocenters. The van der Waals surface area contributed by atoms with Gasteiger partial charge >= 0.3 is 5.97 Å². The number of esters is 1. The molecule has 47 heavy (non-hydrogen) atoms. The Kier molecular flexibility index (Phi) is 10.6. The van der Waals surface area contributed by atoms with Gasteiger partial charge in [0.05, 0.1) is 5.57 Å². The molecule has 246 valence electrons. The molecular formula is C40H48NO4PSi. The summed E-state index contributed by atoms with van der Waals surface area (Å²) >= 11 is 0. The first-order valence-corrected chi connectivity index (χ1v) is 20.1. The lowest BCUT2D eigenvalue weighted by molar-refractivity contribution is -0.150. The van der Waals surface area contributed by atoms with Gasteiger partial charge in [-0.05, 0) is 73.3 Å². The highest BCUT2D eigenvalue weighted by Crippen LogP contribution is 2.52. The van der Waals surface area contributed by atoms with Crippen LogP contribution in [0.2, 0.25) is 5.04 Å². The van der Waals surface area contributed by atoms with Gasteiger partial charge in [-0.1, -0.05) is 124 Å². The standard InChI is InChI=1S/C40H48NO4PSi/c1-39(2,3)45-38(42)36-29-30-41(46(43,32-20-11-7-12-21-32)33-22-13-8-14-23-33)37(36)28-19-31-44-47(40(4,5)6,34-24-15-9-16-25-34)35-26-17-10-18-27-35/h7-18,20-27,29,37H,19,28,30-31H2,1-6H3/t37-/m1/s1. The highest BCUT2D eigenvalue weighted by Gasteiger charge is 2.50. The van der Waals surface area contributed by atoms with Crippen LogP contribution in [0, 0.1) is 0 Å². The Morgan fingerprint density at radius 1 is 0.745 bits per heavy atom. The lowest BCUT2D eigenvalue weighted by Crippen LogP contribution is -2.66. The Labute approximate surface area is 282 Å². The molecule has 5 nitrogen and oxygen atoms in total. The van der Waals surface area contributed by atoms with Crippen molar-refractivity contribution >= 4 is 42.6 Å². The molecule has 0 saturated carbocycles. The predicted octanol–water partition coefficient (Wildman–Crippen LogP) is 7.22. The number of benzene rings is 4. The Morgan fingerprint density at radius 2 is 1.19 bits per heavy atom. The summed E-state index contributed by atoms with van der Waals surface area (Å²) in [5.41, 5.74) is -0.0809. The number of hydrogen-bond donors (Lipinski definition) is 0. The molecule has 0 bridgehead atoms. The minimum atomic E-state index is -3.32. The summed E-state index contributed by atoms with van der Waals surface area (Å²) in [5.74, 6) is -0.356. The normalized spacial score (nSPS) is 16.1. The van der Waals surface area contributed by atoms with Gasteiger partial charge in [0.2, 0.25) is 7.29 Å². The fraction of sp³-hybridized carbons (Fsp3) is 0.325. The maximum absolute atomic E-state index is 15.5.